The molecule has 0 aromatic heterocycles. The average molecular weight is 295 g/mol. The smallest absolute Gasteiger partial charge is 0.288 e. The Morgan fingerprint density at radius 2 is 2.15 bits per heavy atom. The minimum Gasteiger partial charge on any atom is -0.491 e. The molecule has 3 amide bonds. The number of hydrazine groups is 1. The fraction of sp³-hybridized carbons (Fsp3) is 0.250. The standard InChI is InChI=1S/C12H13N3O4S/c13-14-11(17)8-3-1-2-4-9(8)19-6-5-15-10(16)7-20-12(15)18/h1-4H,5-7,13H2,(H,14,17). The largest absolute Gasteiger partial charge is 0.491 e. The van der Waals surface area contributed by atoms with Gasteiger partial charge in [-0.3, -0.25) is 24.7 Å². The predicted octanol–water partition coefficient (Wildman–Crippen LogP) is 0.364. The zero-order chi connectivity index (χ0) is 14.5. The highest BCUT2D eigenvalue weighted by Crippen LogP contribution is 2.20. The summed E-state index contributed by atoms with van der Waals surface area (Å²) in [6.45, 7) is 0.274. The summed E-state index contributed by atoms with van der Waals surface area (Å²) < 4.78 is 5.45. The van der Waals surface area contributed by atoms with Crippen LogP contribution in [0.25, 0.3) is 0 Å². The van der Waals surface area contributed by atoms with Gasteiger partial charge in [0, 0.05) is 0 Å². The summed E-state index contributed by atoms with van der Waals surface area (Å²) in [6, 6.07) is 6.58. The van der Waals surface area contributed by atoms with Crippen LogP contribution in [0.2, 0.25) is 0 Å². The number of benzene rings is 1. The summed E-state index contributed by atoms with van der Waals surface area (Å²) >= 11 is 0.973. The van der Waals surface area contributed by atoms with Crippen molar-refractivity contribution in [3.8, 4) is 5.75 Å². The number of rotatable bonds is 5. The normalized spacial score (nSPS) is 14.6. The molecule has 1 aliphatic rings. The van der Waals surface area contributed by atoms with Gasteiger partial charge in [-0.1, -0.05) is 23.9 Å². The van der Waals surface area contributed by atoms with Gasteiger partial charge in [0.2, 0.25) is 5.91 Å². The summed E-state index contributed by atoms with van der Waals surface area (Å²) in [5, 5.41) is -0.272. The first-order valence-electron chi connectivity index (χ1n) is 5.83. The molecule has 8 heteroatoms. The molecule has 0 saturated carbocycles. The maximum absolute atomic E-state index is 11.5. The number of thioether (sulfide) groups is 1. The molecule has 0 unspecified atom stereocenters. The van der Waals surface area contributed by atoms with E-state index in [1.807, 2.05) is 5.43 Å². The first-order valence-corrected chi connectivity index (χ1v) is 6.82. The maximum Gasteiger partial charge on any atom is 0.288 e. The molecule has 1 heterocycles. The van der Waals surface area contributed by atoms with Crippen LogP contribution in [0.1, 0.15) is 10.4 Å². The fourth-order valence-corrected chi connectivity index (χ4v) is 2.45. The van der Waals surface area contributed by atoms with E-state index in [-0.39, 0.29) is 30.1 Å². The van der Waals surface area contributed by atoms with Gasteiger partial charge in [0.25, 0.3) is 11.1 Å². The number of nitrogen functional groups attached to an aromatic ring is 1. The van der Waals surface area contributed by atoms with E-state index in [2.05, 4.69) is 0 Å². The van der Waals surface area contributed by atoms with Crippen molar-refractivity contribution in [1.82, 2.24) is 10.3 Å². The lowest BCUT2D eigenvalue weighted by Gasteiger charge is -2.14. The van der Waals surface area contributed by atoms with Crippen molar-refractivity contribution < 1.29 is 19.1 Å². The minimum absolute atomic E-state index is 0.118. The van der Waals surface area contributed by atoms with Crippen molar-refractivity contribution in [3.63, 3.8) is 0 Å². The molecule has 0 aliphatic carbocycles. The van der Waals surface area contributed by atoms with Gasteiger partial charge in [0.1, 0.15) is 12.4 Å². The molecule has 1 fully saturated rings. The van der Waals surface area contributed by atoms with Crippen molar-refractivity contribution in [2.24, 2.45) is 5.84 Å². The van der Waals surface area contributed by atoms with Gasteiger partial charge >= 0.3 is 0 Å². The summed E-state index contributed by atoms with van der Waals surface area (Å²) in [5.74, 6) is 4.91. The number of carbonyl (C=O) groups excluding carboxylic acids is 3. The van der Waals surface area contributed by atoms with Crippen molar-refractivity contribution in [1.29, 1.82) is 0 Å². The van der Waals surface area contributed by atoms with Crippen molar-refractivity contribution >= 4 is 28.8 Å². The third-order valence-corrected chi connectivity index (χ3v) is 3.53. The Morgan fingerprint density at radius 1 is 1.40 bits per heavy atom. The molecule has 20 heavy (non-hydrogen) atoms. The Bertz CT molecular complexity index is 533. The van der Waals surface area contributed by atoms with Gasteiger partial charge in [-0.25, -0.2) is 5.84 Å². The van der Waals surface area contributed by atoms with Crippen LogP contribution in [0.4, 0.5) is 4.79 Å². The Balaban J connectivity index is 1.96. The molecule has 106 valence electrons. The van der Waals surface area contributed by atoms with Crippen molar-refractivity contribution in [2.75, 3.05) is 18.9 Å². The summed E-state index contributed by atoms with van der Waals surface area (Å²) in [6.07, 6.45) is 0. The lowest BCUT2D eigenvalue weighted by atomic mass is 10.2. The molecule has 2 rings (SSSR count). The molecule has 1 aliphatic heterocycles. The van der Waals surface area contributed by atoms with E-state index in [1.54, 1.807) is 24.3 Å². The van der Waals surface area contributed by atoms with E-state index in [0.29, 0.717) is 11.3 Å². The monoisotopic (exact) mass is 295 g/mol. The molecule has 1 aromatic rings. The zero-order valence-electron chi connectivity index (χ0n) is 10.5. The number of amides is 3. The van der Waals surface area contributed by atoms with E-state index < -0.39 is 5.91 Å². The number of hydrogen-bond acceptors (Lipinski definition) is 6. The van der Waals surface area contributed by atoms with Crippen LogP contribution in [-0.4, -0.2) is 40.9 Å². The molecular formula is C12H13N3O4S. The highest BCUT2D eigenvalue weighted by molar-refractivity contribution is 8.14. The highest BCUT2D eigenvalue weighted by Gasteiger charge is 2.29. The van der Waals surface area contributed by atoms with Crippen molar-refractivity contribution in [3.05, 3.63) is 29.8 Å². The number of ether oxygens (including phenoxy) is 1. The minimum atomic E-state index is -0.468. The average Bonchev–Trinajstić information content (AvgIpc) is 2.78. The molecule has 0 atom stereocenters. The molecule has 7 nitrogen and oxygen atoms in total. The van der Waals surface area contributed by atoms with Gasteiger partial charge < -0.3 is 4.74 Å². The Morgan fingerprint density at radius 3 is 2.80 bits per heavy atom. The maximum atomic E-state index is 11.5. The van der Waals surface area contributed by atoms with E-state index in [1.165, 1.54) is 0 Å². The number of nitrogens with one attached hydrogen (secondary N) is 1. The third-order valence-electron chi connectivity index (χ3n) is 2.68. The Labute approximate surface area is 119 Å². The van der Waals surface area contributed by atoms with Gasteiger partial charge in [0.05, 0.1) is 17.9 Å². The first-order chi connectivity index (χ1) is 9.63. The molecule has 1 saturated heterocycles. The van der Waals surface area contributed by atoms with Crippen LogP contribution < -0.4 is 16.0 Å². The molecule has 0 bridgehead atoms. The highest BCUT2D eigenvalue weighted by atomic mass is 32.2. The van der Waals surface area contributed by atoms with Crippen LogP contribution in [0.3, 0.4) is 0 Å². The lowest BCUT2D eigenvalue weighted by molar-refractivity contribution is -0.124. The van der Waals surface area contributed by atoms with Gasteiger partial charge in [-0.05, 0) is 12.1 Å². The number of nitrogens with two attached hydrogens (primary N) is 1. The first kappa shape index (κ1) is 14.4. The summed E-state index contributed by atoms with van der Waals surface area (Å²) in [7, 11) is 0. The SMILES string of the molecule is NNC(=O)c1ccccc1OCCN1C(=O)CSC1=O. The third kappa shape index (κ3) is 3.09. The van der Waals surface area contributed by atoms with E-state index in [4.69, 9.17) is 10.6 Å². The van der Waals surface area contributed by atoms with Crippen LogP contribution in [-0.2, 0) is 4.79 Å². The quantitative estimate of drug-likeness (QED) is 0.462. The topological polar surface area (TPSA) is 102 Å². The van der Waals surface area contributed by atoms with Crippen LogP contribution >= 0.6 is 11.8 Å². The Kier molecular flexibility index (Phi) is 4.59. The van der Waals surface area contributed by atoms with E-state index >= 15 is 0 Å². The second-order valence-electron chi connectivity index (χ2n) is 3.92. The Hall–Kier alpha value is -2.06. The molecule has 0 spiro atoms. The van der Waals surface area contributed by atoms with E-state index in [0.717, 1.165) is 16.7 Å². The second-order valence-corrected chi connectivity index (χ2v) is 4.84. The number of carbonyl (C=O) groups is 3. The van der Waals surface area contributed by atoms with E-state index in [9.17, 15) is 14.4 Å². The van der Waals surface area contributed by atoms with Gasteiger partial charge in [-0.2, -0.15) is 0 Å². The molecular weight excluding hydrogens is 282 g/mol. The van der Waals surface area contributed by atoms with Gasteiger partial charge in [-0.15, -0.1) is 0 Å². The van der Waals surface area contributed by atoms with Crippen LogP contribution in [0.15, 0.2) is 24.3 Å². The lowest BCUT2D eigenvalue weighted by Crippen LogP contribution is -2.33. The van der Waals surface area contributed by atoms with Crippen molar-refractivity contribution in [2.45, 2.75) is 0 Å². The number of nitrogens with zero attached hydrogens (tertiary/aromatic N) is 1. The molecule has 1 aromatic carbocycles. The van der Waals surface area contributed by atoms with Gasteiger partial charge in [0.15, 0.2) is 0 Å². The fourth-order valence-electron chi connectivity index (χ4n) is 1.70. The molecule has 0 radical (unpaired) electrons. The summed E-state index contributed by atoms with van der Waals surface area (Å²) in [4.78, 5) is 35.4. The molecule has 3 N–H and O–H groups in total. The zero-order valence-corrected chi connectivity index (χ0v) is 11.3. The number of para-hydroxylation sites is 1. The predicted molar refractivity (Wildman–Crippen MR) is 73.2 cm³/mol. The number of imide groups is 1. The van der Waals surface area contributed by atoms with Crippen LogP contribution in [0.5, 0.6) is 5.75 Å². The second kappa shape index (κ2) is 6.40. The van der Waals surface area contributed by atoms with Crippen LogP contribution in [0, 0.1) is 0 Å². The summed E-state index contributed by atoms with van der Waals surface area (Å²) in [5.41, 5.74) is 2.32. The number of hydrogen-bond donors (Lipinski definition) is 2.